The summed E-state index contributed by atoms with van der Waals surface area (Å²) in [6.07, 6.45) is 0. The third-order valence-electron chi connectivity index (χ3n) is 3.21. The van der Waals surface area contributed by atoms with E-state index >= 15 is 0 Å². The van der Waals surface area contributed by atoms with Gasteiger partial charge in [0.15, 0.2) is 5.78 Å². The Hall–Kier alpha value is -2.49. The normalized spacial score (nSPS) is 10.2. The van der Waals surface area contributed by atoms with E-state index in [2.05, 4.69) is 0 Å². The lowest BCUT2D eigenvalue weighted by atomic mass is 9.97. The van der Waals surface area contributed by atoms with Gasteiger partial charge in [-0.3, -0.25) is 4.79 Å². The maximum atomic E-state index is 12.6. The lowest BCUT2D eigenvalue weighted by molar-refractivity contribution is 0.103. The van der Waals surface area contributed by atoms with Crippen LogP contribution in [-0.2, 0) is 0 Å². The van der Waals surface area contributed by atoms with Crippen molar-refractivity contribution in [3.63, 3.8) is 0 Å². The zero-order chi connectivity index (χ0) is 14.7. The minimum absolute atomic E-state index is 0.124. The number of benzene rings is 2. The van der Waals surface area contributed by atoms with Crippen molar-refractivity contribution in [3.8, 4) is 11.5 Å². The first kappa shape index (κ1) is 13.9. The number of methoxy groups -OCH3 is 2. The number of carbonyl (C=O) groups excluding carboxylic acids is 1. The summed E-state index contributed by atoms with van der Waals surface area (Å²) in [6, 6.07) is 10.5. The van der Waals surface area contributed by atoms with Crippen LogP contribution in [-0.4, -0.2) is 20.0 Å². The van der Waals surface area contributed by atoms with Crippen molar-refractivity contribution in [1.82, 2.24) is 0 Å². The maximum Gasteiger partial charge on any atom is 0.195 e. The quantitative estimate of drug-likeness (QED) is 0.686. The zero-order valence-electron chi connectivity index (χ0n) is 11.8. The molecule has 2 rings (SSSR count). The fraction of sp³-hybridized carbons (Fsp3) is 0.188. The smallest absolute Gasteiger partial charge is 0.195 e. The van der Waals surface area contributed by atoms with Gasteiger partial charge >= 0.3 is 0 Å². The molecule has 4 heteroatoms. The van der Waals surface area contributed by atoms with Gasteiger partial charge in [0.25, 0.3) is 0 Å². The molecule has 0 heterocycles. The van der Waals surface area contributed by atoms with Crippen LogP contribution in [0.1, 0.15) is 21.5 Å². The van der Waals surface area contributed by atoms with Crippen LogP contribution in [0.4, 0.5) is 5.69 Å². The Kier molecular flexibility index (Phi) is 3.94. The molecule has 2 N–H and O–H groups in total. The van der Waals surface area contributed by atoms with Gasteiger partial charge in [-0.25, -0.2) is 0 Å². The zero-order valence-corrected chi connectivity index (χ0v) is 11.8. The molecule has 0 spiro atoms. The first-order valence-electron chi connectivity index (χ1n) is 6.20. The van der Waals surface area contributed by atoms with E-state index in [0.29, 0.717) is 22.6 Å². The van der Waals surface area contributed by atoms with Gasteiger partial charge in [0, 0.05) is 11.1 Å². The summed E-state index contributed by atoms with van der Waals surface area (Å²) >= 11 is 0. The number of carbonyl (C=O) groups is 1. The van der Waals surface area contributed by atoms with E-state index < -0.39 is 0 Å². The van der Waals surface area contributed by atoms with E-state index in [-0.39, 0.29) is 5.78 Å². The van der Waals surface area contributed by atoms with E-state index in [9.17, 15) is 4.79 Å². The molecule has 0 radical (unpaired) electrons. The summed E-state index contributed by atoms with van der Waals surface area (Å²) in [5.74, 6) is 1.10. The topological polar surface area (TPSA) is 61.5 Å². The van der Waals surface area contributed by atoms with Crippen molar-refractivity contribution in [2.45, 2.75) is 6.92 Å². The molecule has 2 aromatic rings. The molecule has 104 valence electrons. The highest BCUT2D eigenvalue weighted by Gasteiger charge is 2.17. The van der Waals surface area contributed by atoms with E-state index in [1.807, 2.05) is 13.0 Å². The van der Waals surface area contributed by atoms with Crippen molar-refractivity contribution < 1.29 is 14.3 Å². The Balaban J connectivity index is 2.46. The summed E-state index contributed by atoms with van der Waals surface area (Å²) < 4.78 is 10.3. The molecule has 0 bridgehead atoms. The van der Waals surface area contributed by atoms with E-state index in [1.165, 1.54) is 7.11 Å². The second kappa shape index (κ2) is 5.65. The number of hydrogen-bond acceptors (Lipinski definition) is 4. The van der Waals surface area contributed by atoms with E-state index in [0.717, 1.165) is 11.3 Å². The molecule has 0 unspecified atom stereocenters. The molecule has 0 fully saturated rings. The second-order valence-corrected chi connectivity index (χ2v) is 4.43. The Morgan fingerprint density at radius 2 is 1.80 bits per heavy atom. The average Bonchev–Trinajstić information content (AvgIpc) is 2.46. The van der Waals surface area contributed by atoms with Crippen molar-refractivity contribution in [1.29, 1.82) is 0 Å². The summed E-state index contributed by atoms with van der Waals surface area (Å²) in [5.41, 5.74) is 8.21. The molecule has 4 nitrogen and oxygen atoms in total. The van der Waals surface area contributed by atoms with Crippen LogP contribution >= 0.6 is 0 Å². The average molecular weight is 271 g/mol. The summed E-state index contributed by atoms with van der Waals surface area (Å²) in [7, 11) is 3.12. The molecule has 0 aliphatic rings. The minimum Gasteiger partial charge on any atom is -0.497 e. The molecular formula is C16H17NO3. The van der Waals surface area contributed by atoms with Gasteiger partial charge in [-0.2, -0.15) is 0 Å². The van der Waals surface area contributed by atoms with Crippen LogP contribution in [0.3, 0.4) is 0 Å². The minimum atomic E-state index is -0.124. The van der Waals surface area contributed by atoms with Crippen LogP contribution in [0.25, 0.3) is 0 Å². The van der Waals surface area contributed by atoms with Crippen LogP contribution in [0.2, 0.25) is 0 Å². The van der Waals surface area contributed by atoms with Gasteiger partial charge in [0.2, 0.25) is 0 Å². The Morgan fingerprint density at radius 1 is 1.05 bits per heavy atom. The van der Waals surface area contributed by atoms with Gasteiger partial charge in [-0.1, -0.05) is 6.07 Å². The number of ketones is 1. The highest BCUT2D eigenvalue weighted by molar-refractivity contribution is 6.13. The first-order chi connectivity index (χ1) is 9.58. The number of rotatable bonds is 4. The van der Waals surface area contributed by atoms with Crippen LogP contribution < -0.4 is 15.2 Å². The SMILES string of the molecule is COc1ccc(C(=O)c2cccc(OC)c2N)c(C)c1. The lowest BCUT2D eigenvalue weighted by Crippen LogP contribution is -2.08. The van der Waals surface area contributed by atoms with Gasteiger partial charge in [0.1, 0.15) is 11.5 Å². The number of ether oxygens (including phenoxy) is 2. The van der Waals surface area contributed by atoms with Crippen molar-refractivity contribution in [2.75, 3.05) is 20.0 Å². The Morgan fingerprint density at radius 3 is 2.40 bits per heavy atom. The molecule has 2 aromatic carbocycles. The van der Waals surface area contributed by atoms with E-state index in [1.54, 1.807) is 37.4 Å². The van der Waals surface area contributed by atoms with Crippen LogP contribution in [0.5, 0.6) is 11.5 Å². The predicted molar refractivity (Wildman–Crippen MR) is 78.6 cm³/mol. The number of anilines is 1. The highest BCUT2D eigenvalue weighted by atomic mass is 16.5. The van der Waals surface area contributed by atoms with Crippen LogP contribution in [0.15, 0.2) is 36.4 Å². The highest BCUT2D eigenvalue weighted by Crippen LogP contribution is 2.28. The number of nitrogens with two attached hydrogens (primary N) is 1. The summed E-state index contributed by atoms with van der Waals surface area (Å²) in [6.45, 7) is 1.87. The first-order valence-corrected chi connectivity index (χ1v) is 6.20. The Labute approximate surface area is 118 Å². The summed E-state index contributed by atoms with van der Waals surface area (Å²) in [5, 5.41) is 0. The molecule has 0 saturated carbocycles. The fourth-order valence-corrected chi connectivity index (χ4v) is 2.08. The third kappa shape index (κ3) is 2.45. The van der Waals surface area contributed by atoms with Crippen molar-refractivity contribution >= 4 is 11.5 Å². The summed E-state index contributed by atoms with van der Waals surface area (Å²) in [4.78, 5) is 12.6. The molecular weight excluding hydrogens is 254 g/mol. The van der Waals surface area contributed by atoms with Crippen molar-refractivity contribution in [3.05, 3.63) is 53.1 Å². The van der Waals surface area contributed by atoms with E-state index in [4.69, 9.17) is 15.2 Å². The van der Waals surface area contributed by atoms with Gasteiger partial charge in [-0.05, 0) is 42.8 Å². The third-order valence-corrected chi connectivity index (χ3v) is 3.21. The number of aryl methyl sites for hydroxylation is 1. The standard InChI is InChI=1S/C16H17NO3/c1-10-9-11(19-2)7-8-12(10)16(18)13-5-4-6-14(20-3)15(13)17/h4-9H,17H2,1-3H3. The van der Waals surface area contributed by atoms with Gasteiger partial charge in [-0.15, -0.1) is 0 Å². The van der Waals surface area contributed by atoms with Gasteiger partial charge < -0.3 is 15.2 Å². The number of hydrogen-bond donors (Lipinski definition) is 1. The fourth-order valence-electron chi connectivity index (χ4n) is 2.08. The molecule has 0 saturated heterocycles. The van der Waals surface area contributed by atoms with Crippen LogP contribution in [0, 0.1) is 6.92 Å². The molecule has 0 amide bonds. The number of nitrogen functional groups attached to an aromatic ring is 1. The van der Waals surface area contributed by atoms with Gasteiger partial charge in [0.05, 0.1) is 19.9 Å². The number of para-hydroxylation sites is 1. The monoisotopic (exact) mass is 271 g/mol. The second-order valence-electron chi connectivity index (χ2n) is 4.43. The molecule has 0 aromatic heterocycles. The lowest BCUT2D eigenvalue weighted by Gasteiger charge is -2.11. The van der Waals surface area contributed by atoms with Crippen molar-refractivity contribution in [2.24, 2.45) is 0 Å². The molecule has 0 aliphatic carbocycles. The molecule has 20 heavy (non-hydrogen) atoms. The molecule has 0 atom stereocenters. The Bertz CT molecular complexity index is 650. The largest absolute Gasteiger partial charge is 0.497 e. The maximum absolute atomic E-state index is 12.6. The predicted octanol–water partition coefficient (Wildman–Crippen LogP) is 2.83. The molecule has 0 aliphatic heterocycles.